The monoisotopic (exact) mass is 275 g/mol. The van der Waals surface area contributed by atoms with Gasteiger partial charge in [0.1, 0.15) is 6.54 Å². The molecule has 18 heavy (non-hydrogen) atoms. The lowest BCUT2D eigenvalue weighted by Crippen LogP contribution is -2.37. The summed E-state index contributed by atoms with van der Waals surface area (Å²) in [6.45, 7) is 3.45. The molecule has 102 valence electrons. The first kappa shape index (κ1) is 14.7. The Labute approximate surface area is 106 Å². The summed E-state index contributed by atoms with van der Waals surface area (Å²) in [7, 11) is -2.19. The number of sulfonamides is 1. The van der Waals surface area contributed by atoms with Gasteiger partial charge < -0.3 is 4.74 Å². The van der Waals surface area contributed by atoms with Gasteiger partial charge in [0.25, 0.3) is 10.0 Å². The number of rotatable bonds is 6. The molecule has 0 spiro atoms. The molecule has 0 radical (unpaired) electrons. The van der Waals surface area contributed by atoms with E-state index in [1.165, 1.54) is 24.0 Å². The Morgan fingerprint density at radius 3 is 2.61 bits per heavy atom. The van der Waals surface area contributed by atoms with Crippen LogP contribution in [0.25, 0.3) is 0 Å². The molecule has 1 aromatic heterocycles. The quantitative estimate of drug-likeness (QED) is 0.682. The van der Waals surface area contributed by atoms with Crippen LogP contribution in [-0.4, -0.2) is 48.2 Å². The molecule has 0 amide bonds. The first-order valence-electron chi connectivity index (χ1n) is 5.57. The second kappa shape index (κ2) is 5.96. The lowest BCUT2D eigenvalue weighted by Gasteiger charge is -2.19. The van der Waals surface area contributed by atoms with Crippen molar-refractivity contribution in [3.63, 3.8) is 0 Å². The van der Waals surface area contributed by atoms with Crippen LogP contribution in [0.5, 0.6) is 0 Å². The topological polar surface area (TPSA) is 81.5 Å². The van der Waals surface area contributed by atoms with Gasteiger partial charge in [0, 0.05) is 13.6 Å². The van der Waals surface area contributed by atoms with E-state index in [1.54, 1.807) is 13.8 Å². The van der Waals surface area contributed by atoms with Crippen molar-refractivity contribution in [2.45, 2.75) is 18.9 Å². The molecule has 0 saturated carbocycles. The van der Waals surface area contributed by atoms with E-state index in [2.05, 4.69) is 5.10 Å². The number of hydrogen-bond donors (Lipinski definition) is 0. The molecule has 0 bridgehead atoms. The molecule has 8 heteroatoms. The predicted octanol–water partition coefficient (Wildman–Crippen LogP) is -0.00620. The number of aromatic nitrogens is 2. The minimum atomic E-state index is -3.72. The Morgan fingerprint density at radius 2 is 2.17 bits per heavy atom. The van der Waals surface area contributed by atoms with E-state index < -0.39 is 16.0 Å². The highest BCUT2D eigenvalue weighted by Crippen LogP contribution is 2.13. The summed E-state index contributed by atoms with van der Waals surface area (Å²) >= 11 is 0. The Hall–Kier alpha value is -1.41. The Kier molecular flexibility index (Phi) is 4.85. The summed E-state index contributed by atoms with van der Waals surface area (Å²) in [6.07, 6.45) is 1.39. The van der Waals surface area contributed by atoms with Crippen molar-refractivity contribution in [1.29, 1.82) is 0 Å². The van der Waals surface area contributed by atoms with Gasteiger partial charge in [0.2, 0.25) is 0 Å². The van der Waals surface area contributed by atoms with Crippen molar-refractivity contribution in [1.82, 2.24) is 14.1 Å². The maximum atomic E-state index is 12.2. The molecular weight excluding hydrogens is 258 g/mol. The average Bonchev–Trinajstić information content (AvgIpc) is 2.73. The number of carbonyl (C=O) groups excluding carboxylic acids is 1. The molecule has 0 fully saturated rings. The summed E-state index contributed by atoms with van der Waals surface area (Å²) in [5.41, 5.74) is 0. The number of esters is 1. The fourth-order valence-electron chi connectivity index (χ4n) is 1.46. The van der Waals surface area contributed by atoms with Gasteiger partial charge in [0.05, 0.1) is 12.8 Å². The van der Waals surface area contributed by atoms with Crippen LogP contribution in [0, 0.1) is 0 Å². The maximum Gasteiger partial charge on any atom is 0.321 e. The smallest absolute Gasteiger partial charge is 0.321 e. The van der Waals surface area contributed by atoms with Crippen molar-refractivity contribution in [3.05, 3.63) is 12.3 Å². The van der Waals surface area contributed by atoms with Crippen LogP contribution < -0.4 is 0 Å². The van der Waals surface area contributed by atoms with E-state index in [0.717, 1.165) is 4.31 Å². The van der Waals surface area contributed by atoms with Crippen LogP contribution >= 0.6 is 0 Å². The summed E-state index contributed by atoms with van der Waals surface area (Å²) in [6, 6.07) is 1.39. The highest BCUT2D eigenvalue weighted by Gasteiger charge is 2.28. The van der Waals surface area contributed by atoms with Gasteiger partial charge in [-0.2, -0.15) is 9.40 Å². The minimum absolute atomic E-state index is 0.0497. The number of aryl methyl sites for hydroxylation is 1. The molecular formula is C10H17N3O4S. The molecule has 1 rings (SSSR count). The average molecular weight is 275 g/mol. The molecule has 0 aliphatic rings. The summed E-state index contributed by atoms with van der Waals surface area (Å²) in [5.74, 6) is -0.565. The second-order valence-corrected chi connectivity index (χ2v) is 5.41. The maximum absolute atomic E-state index is 12.2. The van der Waals surface area contributed by atoms with Gasteiger partial charge >= 0.3 is 5.97 Å². The van der Waals surface area contributed by atoms with Crippen LogP contribution in [0.4, 0.5) is 0 Å². The SMILES string of the molecule is CCOC(=O)CN(CC)S(=O)(=O)c1ccnn1C. The van der Waals surface area contributed by atoms with E-state index >= 15 is 0 Å². The molecule has 0 unspecified atom stereocenters. The molecule has 0 aliphatic carbocycles. The first-order chi connectivity index (χ1) is 8.43. The number of carbonyl (C=O) groups is 1. The first-order valence-corrected chi connectivity index (χ1v) is 7.01. The van der Waals surface area contributed by atoms with Crippen molar-refractivity contribution in [3.8, 4) is 0 Å². The molecule has 0 N–H and O–H groups in total. The number of likely N-dealkylation sites (N-methyl/N-ethyl adjacent to an activating group) is 1. The van der Waals surface area contributed by atoms with Crippen molar-refractivity contribution >= 4 is 16.0 Å². The standard InChI is InChI=1S/C10H17N3O4S/c1-4-13(8-10(14)17-5-2)18(15,16)9-6-7-11-12(9)3/h6-7H,4-5,8H2,1-3H3. The number of nitrogens with zero attached hydrogens (tertiary/aromatic N) is 3. The normalized spacial score (nSPS) is 11.8. The molecule has 1 aromatic rings. The highest BCUT2D eigenvalue weighted by atomic mass is 32.2. The van der Waals surface area contributed by atoms with Crippen molar-refractivity contribution in [2.24, 2.45) is 7.05 Å². The van der Waals surface area contributed by atoms with E-state index in [4.69, 9.17) is 4.74 Å². The van der Waals surface area contributed by atoms with Gasteiger partial charge in [-0.25, -0.2) is 8.42 Å². The molecule has 1 heterocycles. The zero-order valence-electron chi connectivity index (χ0n) is 10.7. The minimum Gasteiger partial charge on any atom is -0.465 e. The van der Waals surface area contributed by atoms with Gasteiger partial charge in [0.15, 0.2) is 5.03 Å². The van der Waals surface area contributed by atoms with Gasteiger partial charge in [-0.15, -0.1) is 0 Å². The number of ether oxygens (including phenoxy) is 1. The second-order valence-electron chi connectivity index (χ2n) is 3.53. The predicted molar refractivity (Wildman–Crippen MR) is 64.3 cm³/mol. The number of hydrogen-bond acceptors (Lipinski definition) is 5. The van der Waals surface area contributed by atoms with Gasteiger partial charge in [-0.1, -0.05) is 6.92 Å². The zero-order chi connectivity index (χ0) is 13.8. The molecule has 0 saturated heterocycles. The zero-order valence-corrected chi connectivity index (χ0v) is 11.5. The Morgan fingerprint density at radius 1 is 1.50 bits per heavy atom. The van der Waals surface area contributed by atoms with Gasteiger partial charge in [-0.05, 0) is 13.0 Å². The van der Waals surface area contributed by atoms with Crippen LogP contribution in [0.1, 0.15) is 13.8 Å². The van der Waals surface area contributed by atoms with Crippen molar-refractivity contribution < 1.29 is 17.9 Å². The third kappa shape index (κ3) is 3.08. The van der Waals surface area contributed by atoms with E-state index in [9.17, 15) is 13.2 Å². The van der Waals surface area contributed by atoms with Gasteiger partial charge in [-0.3, -0.25) is 9.48 Å². The summed E-state index contributed by atoms with van der Waals surface area (Å²) < 4.78 is 31.5. The lowest BCUT2D eigenvalue weighted by atomic mass is 10.6. The molecule has 0 aromatic carbocycles. The third-order valence-electron chi connectivity index (χ3n) is 2.34. The fourth-order valence-corrected chi connectivity index (χ4v) is 2.96. The van der Waals surface area contributed by atoms with Crippen LogP contribution in [0.2, 0.25) is 0 Å². The summed E-state index contributed by atoms with van der Waals surface area (Å²) in [5, 5.41) is 3.86. The van der Waals surface area contributed by atoms with E-state index in [0.29, 0.717) is 0 Å². The van der Waals surface area contributed by atoms with Crippen LogP contribution in [-0.2, 0) is 26.6 Å². The third-order valence-corrected chi connectivity index (χ3v) is 4.34. The van der Waals surface area contributed by atoms with E-state index in [1.807, 2.05) is 0 Å². The molecule has 0 atom stereocenters. The largest absolute Gasteiger partial charge is 0.465 e. The molecule has 0 aliphatic heterocycles. The lowest BCUT2D eigenvalue weighted by molar-refractivity contribution is -0.143. The highest BCUT2D eigenvalue weighted by molar-refractivity contribution is 7.89. The van der Waals surface area contributed by atoms with Crippen LogP contribution in [0.3, 0.4) is 0 Å². The van der Waals surface area contributed by atoms with E-state index in [-0.39, 0.29) is 24.7 Å². The Bertz CT molecular complexity index is 509. The Balaban J connectivity index is 2.95. The fraction of sp³-hybridized carbons (Fsp3) is 0.600. The van der Waals surface area contributed by atoms with Crippen LogP contribution in [0.15, 0.2) is 17.3 Å². The molecule has 7 nitrogen and oxygen atoms in total. The van der Waals surface area contributed by atoms with Crippen molar-refractivity contribution in [2.75, 3.05) is 19.7 Å². The summed E-state index contributed by atoms with van der Waals surface area (Å²) in [4.78, 5) is 11.4.